The second-order valence-electron chi connectivity index (χ2n) is 4.19. The fourth-order valence-corrected chi connectivity index (χ4v) is 1.79. The Morgan fingerprint density at radius 1 is 1.47 bits per heavy atom. The van der Waals surface area contributed by atoms with Gasteiger partial charge >= 0.3 is 5.97 Å². The first-order valence-electron chi connectivity index (χ1n) is 5.98. The van der Waals surface area contributed by atoms with Gasteiger partial charge in [0.25, 0.3) is 5.91 Å². The fraction of sp³-hybridized carbons (Fsp3) is 0.308. The number of carboxylic acids is 1. The molecule has 6 nitrogen and oxygen atoms in total. The number of carbonyl (C=O) groups is 2. The Labute approximate surface area is 109 Å². The highest BCUT2D eigenvalue weighted by atomic mass is 16.4. The van der Waals surface area contributed by atoms with E-state index in [1.165, 1.54) is 6.39 Å². The number of amides is 1. The third kappa shape index (κ3) is 2.90. The maximum Gasteiger partial charge on any atom is 0.326 e. The standard InChI is InChI=1S/C13H14N2O4/c1-2-3-9(13(17)18)15-12(16)8-4-5-11-10(6-8)14-7-19-11/h4-7,9H,2-3H2,1H3,(H,15,16)(H,17,18). The number of hydrogen-bond acceptors (Lipinski definition) is 4. The zero-order valence-corrected chi connectivity index (χ0v) is 10.4. The molecule has 1 atom stereocenters. The molecule has 0 bridgehead atoms. The van der Waals surface area contributed by atoms with Crippen molar-refractivity contribution in [2.45, 2.75) is 25.8 Å². The highest BCUT2D eigenvalue weighted by Crippen LogP contribution is 2.14. The number of carbonyl (C=O) groups excluding carboxylic acids is 1. The predicted molar refractivity (Wildman–Crippen MR) is 67.8 cm³/mol. The third-order valence-electron chi connectivity index (χ3n) is 2.77. The van der Waals surface area contributed by atoms with Gasteiger partial charge < -0.3 is 14.8 Å². The number of nitrogens with zero attached hydrogens (tertiary/aromatic N) is 1. The zero-order valence-electron chi connectivity index (χ0n) is 10.4. The van der Waals surface area contributed by atoms with Gasteiger partial charge in [-0.15, -0.1) is 0 Å². The highest BCUT2D eigenvalue weighted by molar-refractivity contribution is 5.98. The van der Waals surface area contributed by atoms with E-state index < -0.39 is 17.9 Å². The Hall–Kier alpha value is -2.37. The van der Waals surface area contributed by atoms with Crippen molar-refractivity contribution >= 4 is 23.0 Å². The third-order valence-corrected chi connectivity index (χ3v) is 2.77. The molecule has 1 heterocycles. The first-order valence-corrected chi connectivity index (χ1v) is 5.98. The van der Waals surface area contributed by atoms with Crippen molar-refractivity contribution in [2.24, 2.45) is 0 Å². The molecule has 1 aromatic carbocycles. The predicted octanol–water partition coefficient (Wildman–Crippen LogP) is 1.81. The molecule has 0 spiro atoms. The lowest BCUT2D eigenvalue weighted by Crippen LogP contribution is -2.40. The molecule has 0 saturated carbocycles. The smallest absolute Gasteiger partial charge is 0.326 e. The van der Waals surface area contributed by atoms with Crippen LogP contribution < -0.4 is 5.32 Å². The molecular formula is C13H14N2O4. The molecule has 2 aromatic rings. The second kappa shape index (κ2) is 5.51. The van der Waals surface area contributed by atoms with Crippen LogP contribution in [-0.2, 0) is 4.79 Å². The van der Waals surface area contributed by atoms with Gasteiger partial charge in [0, 0.05) is 5.56 Å². The lowest BCUT2D eigenvalue weighted by molar-refractivity contribution is -0.139. The molecule has 2 rings (SSSR count). The number of aromatic nitrogens is 1. The van der Waals surface area contributed by atoms with Crippen molar-refractivity contribution in [1.82, 2.24) is 10.3 Å². The van der Waals surface area contributed by atoms with Gasteiger partial charge in [-0.1, -0.05) is 13.3 Å². The molecule has 1 aromatic heterocycles. The van der Waals surface area contributed by atoms with Crippen LogP contribution in [0.15, 0.2) is 29.0 Å². The van der Waals surface area contributed by atoms with Crippen molar-refractivity contribution in [1.29, 1.82) is 0 Å². The van der Waals surface area contributed by atoms with Crippen LogP contribution in [0.25, 0.3) is 11.1 Å². The van der Waals surface area contributed by atoms with Crippen molar-refractivity contribution in [3.05, 3.63) is 30.2 Å². The summed E-state index contributed by atoms with van der Waals surface area (Å²) in [5, 5.41) is 11.5. The number of rotatable bonds is 5. The first-order chi connectivity index (χ1) is 9.11. The van der Waals surface area contributed by atoms with Crippen LogP contribution in [-0.4, -0.2) is 28.0 Å². The number of hydrogen-bond donors (Lipinski definition) is 2. The van der Waals surface area contributed by atoms with Gasteiger partial charge in [0.1, 0.15) is 11.6 Å². The number of carboxylic acid groups (broad SMARTS) is 1. The number of oxazole rings is 1. The van der Waals surface area contributed by atoms with Gasteiger partial charge in [0.15, 0.2) is 12.0 Å². The van der Waals surface area contributed by atoms with E-state index in [1.807, 2.05) is 6.92 Å². The van der Waals surface area contributed by atoms with Gasteiger partial charge in [0.2, 0.25) is 0 Å². The summed E-state index contributed by atoms with van der Waals surface area (Å²) in [5.41, 5.74) is 1.51. The van der Waals surface area contributed by atoms with Crippen molar-refractivity contribution < 1.29 is 19.1 Å². The minimum atomic E-state index is -1.03. The van der Waals surface area contributed by atoms with E-state index >= 15 is 0 Å². The fourth-order valence-electron chi connectivity index (χ4n) is 1.79. The quantitative estimate of drug-likeness (QED) is 0.857. The van der Waals surface area contributed by atoms with Crippen LogP contribution in [0.4, 0.5) is 0 Å². The summed E-state index contributed by atoms with van der Waals surface area (Å²) in [7, 11) is 0. The number of nitrogens with one attached hydrogen (secondary N) is 1. The Morgan fingerprint density at radius 3 is 2.95 bits per heavy atom. The zero-order chi connectivity index (χ0) is 13.8. The van der Waals surface area contributed by atoms with Gasteiger partial charge in [-0.05, 0) is 24.6 Å². The minimum Gasteiger partial charge on any atom is -0.480 e. The lowest BCUT2D eigenvalue weighted by Gasteiger charge is -2.13. The monoisotopic (exact) mass is 262 g/mol. The summed E-state index contributed by atoms with van der Waals surface area (Å²) in [6, 6.07) is 3.91. The van der Waals surface area contributed by atoms with Gasteiger partial charge in [0.05, 0.1) is 0 Å². The summed E-state index contributed by atoms with van der Waals surface area (Å²) >= 11 is 0. The number of aliphatic carboxylic acids is 1. The maximum absolute atomic E-state index is 12.0. The van der Waals surface area contributed by atoms with Gasteiger partial charge in [-0.3, -0.25) is 4.79 Å². The summed E-state index contributed by atoms with van der Waals surface area (Å²) in [5.74, 6) is -1.46. The lowest BCUT2D eigenvalue weighted by atomic mass is 10.1. The van der Waals surface area contributed by atoms with Gasteiger partial charge in [-0.2, -0.15) is 0 Å². The van der Waals surface area contributed by atoms with Crippen molar-refractivity contribution in [2.75, 3.05) is 0 Å². The molecule has 6 heteroatoms. The Morgan fingerprint density at radius 2 is 2.26 bits per heavy atom. The Balaban J connectivity index is 2.16. The molecule has 0 aliphatic carbocycles. The van der Waals surface area contributed by atoms with Crippen LogP contribution >= 0.6 is 0 Å². The average Bonchev–Trinajstić information content (AvgIpc) is 2.85. The van der Waals surface area contributed by atoms with E-state index in [1.54, 1.807) is 18.2 Å². The molecule has 19 heavy (non-hydrogen) atoms. The minimum absolute atomic E-state index is 0.365. The van der Waals surface area contributed by atoms with Crippen LogP contribution in [0, 0.1) is 0 Å². The van der Waals surface area contributed by atoms with Crippen molar-refractivity contribution in [3.8, 4) is 0 Å². The van der Waals surface area contributed by atoms with E-state index in [2.05, 4.69) is 10.3 Å². The summed E-state index contributed by atoms with van der Waals surface area (Å²) < 4.78 is 5.07. The normalized spacial score (nSPS) is 12.3. The van der Waals surface area contributed by atoms with Crippen LogP contribution in [0.5, 0.6) is 0 Å². The van der Waals surface area contributed by atoms with Crippen molar-refractivity contribution in [3.63, 3.8) is 0 Å². The molecule has 0 aliphatic rings. The molecule has 0 radical (unpaired) electrons. The summed E-state index contributed by atoms with van der Waals surface area (Å²) in [4.78, 5) is 26.9. The summed E-state index contributed by atoms with van der Waals surface area (Å²) in [6.45, 7) is 1.86. The van der Waals surface area contributed by atoms with Crippen LogP contribution in [0.1, 0.15) is 30.1 Å². The Kier molecular flexibility index (Phi) is 3.79. The first kappa shape index (κ1) is 13.1. The SMILES string of the molecule is CCCC(NC(=O)c1ccc2ocnc2c1)C(=O)O. The number of fused-ring (bicyclic) bond motifs is 1. The molecule has 1 amide bonds. The molecule has 0 aliphatic heterocycles. The largest absolute Gasteiger partial charge is 0.480 e. The highest BCUT2D eigenvalue weighted by Gasteiger charge is 2.19. The summed E-state index contributed by atoms with van der Waals surface area (Å²) in [6.07, 6.45) is 2.37. The molecule has 2 N–H and O–H groups in total. The topological polar surface area (TPSA) is 92.4 Å². The van der Waals surface area contributed by atoms with E-state index in [0.29, 0.717) is 29.5 Å². The molecule has 0 fully saturated rings. The molecule has 100 valence electrons. The average molecular weight is 262 g/mol. The van der Waals surface area contributed by atoms with Crippen LogP contribution in [0.3, 0.4) is 0 Å². The Bertz CT molecular complexity index is 605. The molecular weight excluding hydrogens is 248 g/mol. The van der Waals surface area contributed by atoms with E-state index in [-0.39, 0.29) is 0 Å². The van der Waals surface area contributed by atoms with Gasteiger partial charge in [-0.25, -0.2) is 9.78 Å². The van der Waals surface area contributed by atoms with Crippen LogP contribution in [0.2, 0.25) is 0 Å². The van der Waals surface area contributed by atoms with E-state index in [0.717, 1.165) is 0 Å². The second-order valence-corrected chi connectivity index (χ2v) is 4.19. The molecule has 0 saturated heterocycles. The maximum atomic E-state index is 12.0. The molecule has 1 unspecified atom stereocenters. The van der Waals surface area contributed by atoms with E-state index in [9.17, 15) is 9.59 Å². The number of benzene rings is 1. The van der Waals surface area contributed by atoms with E-state index in [4.69, 9.17) is 9.52 Å².